The fourth-order valence-corrected chi connectivity index (χ4v) is 3.59. The van der Waals surface area contributed by atoms with E-state index in [0.29, 0.717) is 23.3 Å². The van der Waals surface area contributed by atoms with Crippen LogP contribution in [0.1, 0.15) is 35.5 Å². The van der Waals surface area contributed by atoms with Gasteiger partial charge in [0.2, 0.25) is 0 Å². The van der Waals surface area contributed by atoms with Gasteiger partial charge in [-0.1, -0.05) is 55.5 Å². The highest BCUT2D eigenvalue weighted by molar-refractivity contribution is 5.77. The fraction of sp³-hybridized carbons (Fsp3) is 0.167. The van der Waals surface area contributed by atoms with Crippen molar-refractivity contribution in [3.63, 3.8) is 0 Å². The smallest absolute Gasteiger partial charge is 0.258 e. The summed E-state index contributed by atoms with van der Waals surface area (Å²) in [6, 6.07) is 22.2. The normalized spacial score (nSPS) is 12.2. The predicted octanol–water partition coefficient (Wildman–Crippen LogP) is 3.48. The van der Waals surface area contributed by atoms with Gasteiger partial charge in [0.1, 0.15) is 18.4 Å². The average Bonchev–Trinajstić information content (AvgIpc) is 2.74. The number of nitrogens with zero attached hydrogens (tertiary/aromatic N) is 1. The maximum absolute atomic E-state index is 13.9. The van der Waals surface area contributed by atoms with E-state index in [1.165, 1.54) is 11.6 Å². The van der Waals surface area contributed by atoms with Crippen molar-refractivity contribution in [3.05, 3.63) is 111 Å². The minimum atomic E-state index is -0.261. The lowest BCUT2D eigenvalue weighted by Crippen LogP contribution is -2.84. The summed E-state index contributed by atoms with van der Waals surface area (Å²) in [6.07, 6.45) is 0.969. The second-order valence-corrected chi connectivity index (χ2v) is 7.10. The quantitative estimate of drug-likeness (QED) is 0.531. The first-order valence-electron chi connectivity index (χ1n) is 9.79. The first kappa shape index (κ1) is 19.0. The van der Waals surface area contributed by atoms with E-state index in [-0.39, 0.29) is 17.4 Å². The molecule has 5 heteroatoms. The van der Waals surface area contributed by atoms with Gasteiger partial charge in [-0.2, -0.15) is 0 Å². The second kappa shape index (κ2) is 8.37. The Bertz CT molecular complexity index is 1180. The molecule has 4 aromatic rings. The van der Waals surface area contributed by atoms with Crippen LogP contribution in [0.2, 0.25) is 0 Å². The third-order valence-corrected chi connectivity index (χ3v) is 5.16. The van der Waals surface area contributed by atoms with Gasteiger partial charge in [0, 0.05) is 11.1 Å². The summed E-state index contributed by atoms with van der Waals surface area (Å²) in [5.41, 5.74) is 3.74. The third-order valence-electron chi connectivity index (χ3n) is 5.16. The largest absolute Gasteiger partial charge is 0.330 e. The van der Waals surface area contributed by atoms with Gasteiger partial charge in [-0.25, -0.2) is 9.37 Å². The molecule has 4 rings (SSSR count). The molecule has 3 aromatic carbocycles. The highest BCUT2D eigenvalue weighted by atomic mass is 19.1. The van der Waals surface area contributed by atoms with Crippen LogP contribution < -0.4 is 10.9 Å². The van der Waals surface area contributed by atoms with Crippen LogP contribution in [0.15, 0.2) is 77.6 Å². The molecule has 0 saturated heterocycles. The highest BCUT2D eigenvalue weighted by Gasteiger charge is 2.19. The second-order valence-electron chi connectivity index (χ2n) is 7.10. The number of aromatic nitrogens is 2. The van der Waals surface area contributed by atoms with Crippen LogP contribution in [0.4, 0.5) is 4.39 Å². The maximum Gasteiger partial charge on any atom is 0.258 e. The number of hydrogen-bond donors (Lipinski definition) is 2. The molecule has 0 amide bonds. The van der Waals surface area contributed by atoms with Gasteiger partial charge in [0.05, 0.1) is 10.9 Å². The molecule has 0 spiro atoms. The van der Waals surface area contributed by atoms with E-state index in [1.54, 1.807) is 18.2 Å². The molecule has 1 atom stereocenters. The summed E-state index contributed by atoms with van der Waals surface area (Å²) in [7, 11) is 0. The number of nitrogens with two attached hydrogens (primary N) is 1. The summed E-state index contributed by atoms with van der Waals surface area (Å²) in [4.78, 5) is 19.8. The van der Waals surface area contributed by atoms with Crippen molar-refractivity contribution in [3.8, 4) is 0 Å². The minimum Gasteiger partial charge on any atom is -0.330 e. The number of aryl methyl sites for hydroxylation is 1. The number of fused-ring (bicyclic) bond motifs is 1. The molecule has 1 heterocycles. The highest BCUT2D eigenvalue weighted by Crippen LogP contribution is 2.20. The van der Waals surface area contributed by atoms with Gasteiger partial charge in [-0.3, -0.25) is 4.79 Å². The standard InChI is InChI=1S/C24H22FN3O/c1-2-16-10-12-17(13-11-16)23(18-6-5-7-19(25)14-18)26-15-22-27-21-9-4-3-8-20(21)24(29)28-22/h3-14,23,26H,2,15H2,1H3,(H,27,28,29)/p+1/t23-/m0/s1. The minimum absolute atomic E-state index is 0.103. The molecule has 0 aliphatic rings. The average molecular weight is 388 g/mol. The molecule has 0 aliphatic heterocycles. The number of hydrogen-bond acceptors (Lipinski definition) is 2. The molecule has 0 fully saturated rings. The SMILES string of the molecule is CCc1ccc([C@H]([NH2+]Cc2nc3ccccc3c(=O)[nH]2)c2cccc(F)c2)cc1. The molecule has 3 N–H and O–H groups in total. The van der Waals surface area contributed by atoms with Gasteiger partial charge in [0.15, 0.2) is 5.82 Å². The number of aromatic amines is 1. The topological polar surface area (TPSA) is 62.4 Å². The fourth-order valence-electron chi connectivity index (χ4n) is 3.59. The summed E-state index contributed by atoms with van der Waals surface area (Å²) >= 11 is 0. The van der Waals surface area contributed by atoms with Crippen molar-refractivity contribution >= 4 is 10.9 Å². The van der Waals surface area contributed by atoms with Crippen LogP contribution in [-0.2, 0) is 13.0 Å². The molecule has 1 aromatic heterocycles. The zero-order valence-electron chi connectivity index (χ0n) is 16.2. The number of nitrogens with one attached hydrogen (secondary N) is 1. The van der Waals surface area contributed by atoms with Gasteiger partial charge < -0.3 is 10.3 Å². The van der Waals surface area contributed by atoms with Crippen LogP contribution in [0.25, 0.3) is 10.9 Å². The Labute approximate surface area is 168 Å². The monoisotopic (exact) mass is 388 g/mol. The number of para-hydroxylation sites is 1. The zero-order chi connectivity index (χ0) is 20.2. The van der Waals surface area contributed by atoms with Crippen LogP contribution in [0.5, 0.6) is 0 Å². The van der Waals surface area contributed by atoms with Crippen molar-refractivity contribution in [2.24, 2.45) is 0 Å². The van der Waals surface area contributed by atoms with Gasteiger partial charge in [-0.05, 0) is 36.2 Å². The number of benzene rings is 3. The van der Waals surface area contributed by atoms with E-state index in [0.717, 1.165) is 17.5 Å². The Morgan fingerprint density at radius 2 is 1.79 bits per heavy atom. The van der Waals surface area contributed by atoms with Crippen LogP contribution in [0, 0.1) is 5.82 Å². The molecule has 0 radical (unpaired) electrons. The van der Waals surface area contributed by atoms with Crippen molar-refractivity contribution in [1.82, 2.24) is 9.97 Å². The number of halogens is 1. The summed E-state index contributed by atoms with van der Waals surface area (Å²) in [6.45, 7) is 2.59. The Kier molecular flexibility index (Phi) is 5.49. The molecular formula is C24H23FN3O+. The van der Waals surface area contributed by atoms with Crippen LogP contribution in [0.3, 0.4) is 0 Å². The Morgan fingerprint density at radius 3 is 2.55 bits per heavy atom. The molecule has 4 nitrogen and oxygen atoms in total. The Hall–Kier alpha value is -3.31. The van der Waals surface area contributed by atoms with E-state index >= 15 is 0 Å². The van der Waals surface area contributed by atoms with E-state index < -0.39 is 0 Å². The number of quaternary nitrogens is 1. The lowest BCUT2D eigenvalue weighted by Gasteiger charge is -2.17. The zero-order valence-corrected chi connectivity index (χ0v) is 16.2. The van der Waals surface area contributed by atoms with E-state index in [4.69, 9.17) is 0 Å². The lowest BCUT2D eigenvalue weighted by molar-refractivity contribution is -0.703. The molecular weight excluding hydrogens is 365 g/mol. The molecule has 0 aliphatic carbocycles. The first-order valence-corrected chi connectivity index (χ1v) is 9.79. The summed E-state index contributed by atoms with van der Waals surface area (Å²) in [5.74, 6) is 0.337. The van der Waals surface area contributed by atoms with Crippen molar-refractivity contribution in [2.75, 3.05) is 0 Å². The van der Waals surface area contributed by atoms with Gasteiger partial charge in [-0.15, -0.1) is 0 Å². The predicted molar refractivity (Wildman–Crippen MR) is 112 cm³/mol. The third kappa shape index (κ3) is 4.25. The summed E-state index contributed by atoms with van der Waals surface area (Å²) in [5, 5.41) is 2.65. The van der Waals surface area contributed by atoms with Crippen molar-refractivity contribution < 1.29 is 9.71 Å². The molecule has 29 heavy (non-hydrogen) atoms. The van der Waals surface area contributed by atoms with Gasteiger partial charge in [0.25, 0.3) is 5.56 Å². The molecule has 0 unspecified atom stereocenters. The Morgan fingerprint density at radius 1 is 1.00 bits per heavy atom. The number of rotatable bonds is 6. The van der Waals surface area contributed by atoms with Crippen LogP contribution in [-0.4, -0.2) is 9.97 Å². The van der Waals surface area contributed by atoms with E-state index in [2.05, 4.69) is 46.5 Å². The summed E-state index contributed by atoms with van der Waals surface area (Å²) < 4.78 is 13.9. The molecule has 0 bridgehead atoms. The first-order chi connectivity index (χ1) is 14.1. The van der Waals surface area contributed by atoms with Crippen molar-refractivity contribution in [1.29, 1.82) is 0 Å². The van der Waals surface area contributed by atoms with E-state index in [1.807, 2.05) is 24.3 Å². The Balaban J connectivity index is 1.65. The molecule has 146 valence electrons. The molecule has 0 saturated carbocycles. The van der Waals surface area contributed by atoms with Crippen LogP contribution >= 0.6 is 0 Å². The maximum atomic E-state index is 13.9. The number of H-pyrrole nitrogens is 1. The van der Waals surface area contributed by atoms with Gasteiger partial charge >= 0.3 is 0 Å². The van der Waals surface area contributed by atoms with Crippen molar-refractivity contribution in [2.45, 2.75) is 25.9 Å². The lowest BCUT2D eigenvalue weighted by atomic mass is 9.97. The van der Waals surface area contributed by atoms with E-state index in [9.17, 15) is 9.18 Å².